The minimum Gasteiger partial charge on any atom is -0.394 e. The lowest BCUT2D eigenvalue weighted by Crippen LogP contribution is -2.41. The molecule has 1 saturated heterocycles. The van der Waals surface area contributed by atoms with Crippen LogP contribution in [-0.4, -0.2) is 59.6 Å². The topological polar surface area (TPSA) is 79.2 Å². The third-order valence-corrected chi connectivity index (χ3v) is 5.22. The molecule has 0 aromatic heterocycles. The molecule has 0 aromatic carbocycles. The summed E-state index contributed by atoms with van der Waals surface area (Å²) in [5.74, 6) is 0. The summed E-state index contributed by atoms with van der Waals surface area (Å²) in [6.45, 7) is 2.69. The van der Waals surface area contributed by atoms with Crippen LogP contribution in [0, 0.1) is 0 Å². The molecular weight excluding hydrogens is 344 g/mol. The van der Waals surface area contributed by atoms with Crippen molar-refractivity contribution in [1.82, 2.24) is 0 Å². The van der Waals surface area contributed by atoms with Crippen LogP contribution in [0.15, 0.2) is 12.2 Å². The molecule has 1 fully saturated rings. The maximum Gasteiger partial charge on any atom is 0.114 e. The molecule has 1 aliphatic heterocycles. The van der Waals surface area contributed by atoms with E-state index in [0.29, 0.717) is 6.61 Å². The molecule has 0 aromatic rings. The molecule has 160 valence electrons. The summed E-state index contributed by atoms with van der Waals surface area (Å²) in [7, 11) is 0. The third kappa shape index (κ3) is 11.2. The van der Waals surface area contributed by atoms with Gasteiger partial charge in [0.25, 0.3) is 0 Å². The average molecular weight is 387 g/mol. The Hall–Kier alpha value is -0.460. The number of hydrogen-bond acceptors (Lipinski definition) is 5. The van der Waals surface area contributed by atoms with Gasteiger partial charge in [0.15, 0.2) is 0 Å². The maximum absolute atomic E-state index is 10.0. The molecule has 0 unspecified atom stereocenters. The molecule has 1 aliphatic rings. The van der Waals surface area contributed by atoms with Crippen LogP contribution in [0.5, 0.6) is 0 Å². The Balaban J connectivity index is 1.88. The van der Waals surface area contributed by atoms with E-state index in [2.05, 4.69) is 19.1 Å². The summed E-state index contributed by atoms with van der Waals surface area (Å²) in [5.41, 5.74) is 0. The Kier molecular flexibility index (Phi) is 15.0. The van der Waals surface area contributed by atoms with Crippen LogP contribution >= 0.6 is 0 Å². The number of aliphatic hydroxyl groups is 3. The summed E-state index contributed by atoms with van der Waals surface area (Å²) < 4.78 is 11.0. The zero-order valence-electron chi connectivity index (χ0n) is 17.2. The SMILES string of the molecule is CCCCCCCCCC/C=C/CCCCO[C@H]1CO[C@@H]([C@H](O)CO)[C@H]1O. The van der Waals surface area contributed by atoms with Gasteiger partial charge in [-0.2, -0.15) is 0 Å². The first-order valence-electron chi connectivity index (χ1n) is 11.1. The monoisotopic (exact) mass is 386 g/mol. The zero-order valence-corrected chi connectivity index (χ0v) is 17.2. The van der Waals surface area contributed by atoms with Crippen LogP contribution in [-0.2, 0) is 9.47 Å². The summed E-state index contributed by atoms with van der Waals surface area (Å²) in [6, 6.07) is 0. The van der Waals surface area contributed by atoms with Crippen LogP contribution in [0.1, 0.15) is 84.0 Å². The first-order valence-corrected chi connectivity index (χ1v) is 11.1. The van der Waals surface area contributed by atoms with Crippen LogP contribution in [0.25, 0.3) is 0 Å². The van der Waals surface area contributed by atoms with Gasteiger partial charge in [-0.3, -0.25) is 0 Å². The molecular formula is C22H42O5. The van der Waals surface area contributed by atoms with Gasteiger partial charge in [-0.1, -0.05) is 64.0 Å². The van der Waals surface area contributed by atoms with Crippen molar-refractivity contribution in [2.75, 3.05) is 19.8 Å². The van der Waals surface area contributed by atoms with Crippen LogP contribution < -0.4 is 0 Å². The van der Waals surface area contributed by atoms with Crippen molar-refractivity contribution in [2.24, 2.45) is 0 Å². The smallest absolute Gasteiger partial charge is 0.114 e. The minimum atomic E-state index is -1.06. The first-order chi connectivity index (χ1) is 13.2. The summed E-state index contributed by atoms with van der Waals surface area (Å²) in [6.07, 6.45) is 16.7. The number of allylic oxidation sites excluding steroid dienone is 2. The molecule has 5 heteroatoms. The summed E-state index contributed by atoms with van der Waals surface area (Å²) >= 11 is 0. The van der Waals surface area contributed by atoms with Gasteiger partial charge in [0.2, 0.25) is 0 Å². The van der Waals surface area contributed by atoms with Crippen molar-refractivity contribution in [3.8, 4) is 0 Å². The molecule has 4 atom stereocenters. The molecule has 0 saturated carbocycles. The van der Waals surface area contributed by atoms with Crippen LogP contribution in [0.3, 0.4) is 0 Å². The number of aliphatic hydroxyl groups excluding tert-OH is 3. The zero-order chi connectivity index (χ0) is 19.7. The predicted octanol–water partition coefficient (Wildman–Crippen LogP) is 3.74. The standard InChI is InChI=1S/C22H42O5/c1-2-3-4-5-6-7-8-9-10-11-12-13-14-15-16-26-20-18-27-22(21(20)25)19(24)17-23/h11-12,19-25H,2-10,13-18H2,1H3/b12-11+/t19-,20+,21+,22+/m1/s1. The molecule has 5 nitrogen and oxygen atoms in total. The second-order valence-corrected chi connectivity index (χ2v) is 7.68. The molecule has 0 aliphatic carbocycles. The predicted molar refractivity (Wildman–Crippen MR) is 109 cm³/mol. The van der Waals surface area contributed by atoms with Gasteiger partial charge in [0.05, 0.1) is 13.2 Å². The second kappa shape index (κ2) is 16.5. The molecule has 0 spiro atoms. The molecule has 0 bridgehead atoms. The number of unbranched alkanes of at least 4 members (excludes halogenated alkanes) is 10. The van der Waals surface area contributed by atoms with Gasteiger partial charge in [-0.05, 0) is 32.1 Å². The van der Waals surface area contributed by atoms with Crippen molar-refractivity contribution < 1.29 is 24.8 Å². The van der Waals surface area contributed by atoms with E-state index in [1.807, 2.05) is 0 Å². The van der Waals surface area contributed by atoms with E-state index in [0.717, 1.165) is 19.3 Å². The lowest BCUT2D eigenvalue weighted by molar-refractivity contribution is -0.0730. The molecule has 27 heavy (non-hydrogen) atoms. The van der Waals surface area contributed by atoms with Gasteiger partial charge in [0.1, 0.15) is 24.4 Å². The maximum atomic E-state index is 10.0. The molecule has 0 radical (unpaired) electrons. The van der Waals surface area contributed by atoms with E-state index in [9.17, 15) is 10.2 Å². The normalized spacial score (nSPS) is 24.1. The van der Waals surface area contributed by atoms with Gasteiger partial charge < -0.3 is 24.8 Å². The fourth-order valence-electron chi connectivity index (χ4n) is 3.43. The summed E-state index contributed by atoms with van der Waals surface area (Å²) in [4.78, 5) is 0. The molecule has 0 amide bonds. The van der Waals surface area contributed by atoms with E-state index in [4.69, 9.17) is 14.6 Å². The quantitative estimate of drug-likeness (QED) is 0.262. The highest BCUT2D eigenvalue weighted by molar-refractivity contribution is 4.88. The second-order valence-electron chi connectivity index (χ2n) is 7.68. The fourth-order valence-corrected chi connectivity index (χ4v) is 3.43. The van der Waals surface area contributed by atoms with Crippen molar-refractivity contribution >= 4 is 0 Å². The minimum absolute atomic E-state index is 0.265. The van der Waals surface area contributed by atoms with E-state index >= 15 is 0 Å². The van der Waals surface area contributed by atoms with Crippen LogP contribution in [0.2, 0.25) is 0 Å². The lowest BCUT2D eigenvalue weighted by atomic mass is 10.1. The van der Waals surface area contributed by atoms with Crippen molar-refractivity contribution in [3.05, 3.63) is 12.2 Å². The Morgan fingerprint density at radius 1 is 0.963 bits per heavy atom. The lowest BCUT2D eigenvalue weighted by Gasteiger charge is -2.20. The Morgan fingerprint density at radius 2 is 1.56 bits per heavy atom. The van der Waals surface area contributed by atoms with Crippen molar-refractivity contribution in [2.45, 2.75) is 108 Å². The van der Waals surface area contributed by atoms with E-state index in [1.165, 1.54) is 57.8 Å². The van der Waals surface area contributed by atoms with E-state index in [1.54, 1.807) is 0 Å². The highest BCUT2D eigenvalue weighted by atomic mass is 16.6. The number of ether oxygens (including phenoxy) is 2. The highest BCUT2D eigenvalue weighted by Gasteiger charge is 2.40. The number of hydrogen-bond donors (Lipinski definition) is 3. The fraction of sp³-hybridized carbons (Fsp3) is 0.909. The van der Waals surface area contributed by atoms with Crippen LogP contribution in [0.4, 0.5) is 0 Å². The van der Waals surface area contributed by atoms with Gasteiger partial charge >= 0.3 is 0 Å². The largest absolute Gasteiger partial charge is 0.394 e. The average Bonchev–Trinajstić information content (AvgIpc) is 3.04. The van der Waals surface area contributed by atoms with E-state index < -0.39 is 31.0 Å². The molecule has 3 N–H and O–H groups in total. The Labute approximate surface area is 165 Å². The van der Waals surface area contributed by atoms with E-state index in [-0.39, 0.29) is 6.61 Å². The van der Waals surface area contributed by atoms with Crippen molar-refractivity contribution in [3.63, 3.8) is 0 Å². The third-order valence-electron chi connectivity index (χ3n) is 5.22. The van der Waals surface area contributed by atoms with Gasteiger partial charge in [-0.25, -0.2) is 0 Å². The summed E-state index contributed by atoms with van der Waals surface area (Å²) in [5, 5.41) is 28.5. The highest BCUT2D eigenvalue weighted by Crippen LogP contribution is 2.20. The number of rotatable bonds is 17. The van der Waals surface area contributed by atoms with Gasteiger partial charge in [0, 0.05) is 6.61 Å². The van der Waals surface area contributed by atoms with Crippen molar-refractivity contribution in [1.29, 1.82) is 0 Å². The molecule has 1 rings (SSSR count). The Bertz CT molecular complexity index is 361. The molecule has 1 heterocycles. The first kappa shape index (κ1) is 24.6. The van der Waals surface area contributed by atoms with Gasteiger partial charge in [-0.15, -0.1) is 0 Å². The Morgan fingerprint density at radius 3 is 2.19 bits per heavy atom.